The van der Waals surface area contributed by atoms with Crippen molar-refractivity contribution >= 4 is 27.5 Å². The summed E-state index contributed by atoms with van der Waals surface area (Å²) in [6.45, 7) is 3.00. The van der Waals surface area contributed by atoms with E-state index in [0.29, 0.717) is 35.2 Å². The lowest BCUT2D eigenvalue weighted by molar-refractivity contribution is 0.191. The van der Waals surface area contributed by atoms with Crippen LogP contribution in [0.15, 0.2) is 34.8 Å². The Morgan fingerprint density at radius 2 is 2.08 bits per heavy atom. The van der Waals surface area contributed by atoms with Crippen molar-refractivity contribution in [3.8, 4) is 11.5 Å². The number of aliphatic hydroxyl groups excluding tert-OH is 1. The number of hydrogen-bond donors (Lipinski definition) is 2. The third-order valence-corrected chi connectivity index (χ3v) is 4.39. The van der Waals surface area contributed by atoms with Crippen LogP contribution in [-0.2, 0) is 13.2 Å². The number of rotatable bonds is 8. The molecule has 2 rings (SSSR count). The van der Waals surface area contributed by atoms with Crippen molar-refractivity contribution in [3.63, 3.8) is 0 Å². The van der Waals surface area contributed by atoms with Gasteiger partial charge in [-0.1, -0.05) is 17.7 Å². The van der Waals surface area contributed by atoms with Crippen LogP contribution < -0.4 is 14.8 Å². The van der Waals surface area contributed by atoms with Crippen LogP contribution >= 0.6 is 27.5 Å². The fourth-order valence-corrected chi connectivity index (χ4v) is 3.06. The minimum atomic E-state index is -0.409. The van der Waals surface area contributed by atoms with E-state index in [2.05, 4.69) is 21.2 Å². The molecule has 0 fully saturated rings. The third kappa shape index (κ3) is 5.85. The van der Waals surface area contributed by atoms with Gasteiger partial charge in [0.05, 0.1) is 22.7 Å². The van der Waals surface area contributed by atoms with Gasteiger partial charge in [0.1, 0.15) is 12.4 Å². The number of halogens is 3. The summed E-state index contributed by atoms with van der Waals surface area (Å²) in [5.74, 6) is 0.727. The Hall–Kier alpha value is -1.34. The molecule has 0 aliphatic carbocycles. The van der Waals surface area contributed by atoms with Crippen molar-refractivity contribution in [1.29, 1.82) is 0 Å². The topological polar surface area (TPSA) is 50.7 Å². The molecule has 2 aromatic carbocycles. The zero-order valence-corrected chi connectivity index (χ0v) is 16.3. The lowest BCUT2D eigenvalue weighted by Crippen LogP contribution is -2.23. The van der Waals surface area contributed by atoms with Crippen LogP contribution in [0, 0.1) is 5.82 Å². The molecule has 2 N–H and O–H groups in total. The Kier molecular flexibility index (Phi) is 7.50. The Morgan fingerprint density at radius 3 is 2.72 bits per heavy atom. The maximum absolute atomic E-state index is 13.1. The molecule has 7 heteroatoms. The summed E-state index contributed by atoms with van der Waals surface area (Å²) >= 11 is 9.51. The van der Waals surface area contributed by atoms with Gasteiger partial charge in [0.2, 0.25) is 0 Å². The number of hydrogen-bond acceptors (Lipinski definition) is 4. The van der Waals surface area contributed by atoms with Crippen molar-refractivity contribution in [2.24, 2.45) is 0 Å². The van der Waals surface area contributed by atoms with Gasteiger partial charge in [-0.3, -0.25) is 0 Å². The molecule has 0 radical (unpaired) electrons. The summed E-state index contributed by atoms with van der Waals surface area (Å²) in [7, 11) is 1.56. The zero-order valence-electron chi connectivity index (χ0n) is 14.0. The number of nitrogens with one attached hydrogen (secondary N) is 1. The minimum absolute atomic E-state index is 0.188. The molecule has 1 unspecified atom stereocenters. The summed E-state index contributed by atoms with van der Waals surface area (Å²) in [6, 6.07) is 7.96. The van der Waals surface area contributed by atoms with Crippen LogP contribution in [0.2, 0.25) is 5.02 Å². The second kappa shape index (κ2) is 9.38. The van der Waals surface area contributed by atoms with Crippen LogP contribution in [0.3, 0.4) is 0 Å². The molecule has 0 amide bonds. The van der Waals surface area contributed by atoms with Crippen molar-refractivity contribution in [3.05, 3.63) is 56.8 Å². The first-order valence-corrected chi connectivity index (χ1v) is 8.89. The van der Waals surface area contributed by atoms with Crippen molar-refractivity contribution in [2.45, 2.75) is 26.2 Å². The van der Waals surface area contributed by atoms with E-state index in [0.717, 1.165) is 10.0 Å². The van der Waals surface area contributed by atoms with E-state index in [4.69, 9.17) is 21.1 Å². The predicted octanol–water partition coefficient (Wildman–Crippen LogP) is 4.30. The standard InChI is InChI=1S/C18H20BrClFNO3/c1-11(23)8-22-9-12-5-15(19)18(17(6-12)24-2)25-10-13-3-4-14(21)7-16(13)20/h3-7,11,22-23H,8-10H2,1-2H3. The molecule has 0 heterocycles. The largest absolute Gasteiger partial charge is 0.493 e. The van der Waals surface area contributed by atoms with Gasteiger partial charge in [-0.05, 0) is 52.7 Å². The lowest BCUT2D eigenvalue weighted by atomic mass is 10.2. The van der Waals surface area contributed by atoms with Gasteiger partial charge in [-0.15, -0.1) is 0 Å². The molecule has 2 aromatic rings. The number of aliphatic hydroxyl groups is 1. The smallest absolute Gasteiger partial charge is 0.175 e. The predicted molar refractivity (Wildman–Crippen MR) is 99.8 cm³/mol. The highest BCUT2D eigenvalue weighted by molar-refractivity contribution is 9.10. The Bertz CT molecular complexity index is 728. The van der Waals surface area contributed by atoms with E-state index in [9.17, 15) is 9.50 Å². The summed E-state index contributed by atoms with van der Waals surface area (Å²) in [6.07, 6.45) is -0.409. The normalized spacial score (nSPS) is 12.1. The number of methoxy groups -OCH3 is 1. The van der Waals surface area contributed by atoms with E-state index in [1.54, 1.807) is 20.1 Å². The molecule has 25 heavy (non-hydrogen) atoms. The fourth-order valence-electron chi connectivity index (χ4n) is 2.23. The molecule has 0 aromatic heterocycles. The van der Waals surface area contributed by atoms with Crippen LogP contribution in [0.5, 0.6) is 11.5 Å². The third-order valence-electron chi connectivity index (χ3n) is 3.45. The lowest BCUT2D eigenvalue weighted by Gasteiger charge is -2.15. The molecule has 0 aliphatic rings. The van der Waals surface area contributed by atoms with E-state index in [-0.39, 0.29) is 12.4 Å². The molecular formula is C18H20BrClFNO3. The van der Waals surface area contributed by atoms with Gasteiger partial charge in [-0.2, -0.15) is 0 Å². The van der Waals surface area contributed by atoms with E-state index >= 15 is 0 Å². The van der Waals surface area contributed by atoms with Crippen molar-refractivity contribution in [2.75, 3.05) is 13.7 Å². The van der Waals surface area contributed by atoms with Gasteiger partial charge in [0.15, 0.2) is 11.5 Å². The first-order chi connectivity index (χ1) is 11.9. The summed E-state index contributed by atoms with van der Waals surface area (Å²) in [5, 5.41) is 12.8. The average molecular weight is 433 g/mol. The molecule has 0 spiro atoms. The van der Waals surface area contributed by atoms with Crippen LogP contribution in [0.1, 0.15) is 18.1 Å². The van der Waals surface area contributed by atoms with Gasteiger partial charge >= 0.3 is 0 Å². The molecule has 4 nitrogen and oxygen atoms in total. The summed E-state index contributed by atoms with van der Waals surface area (Å²) in [4.78, 5) is 0. The first-order valence-electron chi connectivity index (χ1n) is 7.72. The van der Waals surface area contributed by atoms with Crippen molar-refractivity contribution in [1.82, 2.24) is 5.32 Å². The molecule has 136 valence electrons. The highest BCUT2D eigenvalue weighted by Crippen LogP contribution is 2.37. The first kappa shape index (κ1) is 20.0. The van der Waals surface area contributed by atoms with Gasteiger partial charge in [0, 0.05) is 18.7 Å². The van der Waals surface area contributed by atoms with E-state index in [1.807, 2.05) is 12.1 Å². The average Bonchev–Trinajstić information content (AvgIpc) is 2.54. The monoisotopic (exact) mass is 431 g/mol. The maximum Gasteiger partial charge on any atom is 0.175 e. The highest BCUT2D eigenvalue weighted by Gasteiger charge is 2.13. The van der Waals surface area contributed by atoms with E-state index < -0.39 is 6.10 Å². The minimum Gasteiger partial charge on any atom is -0.493 e. The molecule has 0 aliphatic heterocycles. The quantitative estimate of drug-likeness (QED) is 0.653. The Labute approximate surface area is 160 Å². The zero-order chi connectivity index (χ0) is 18.4. The van der Waals surface area contributed by atoms with Crippen LogP contribution in [-0.4, -0.2) is 24.9 Å². The maximum atomic E-state index is 13.1. The molecular weight excluding hydrogens is 413 g/mol. The number of benzene rings is 2. The summed E-state index contributed by atoms with van der Waals surface area (Å²) in [5.41, 5.74) is 1.66. The van der Waals surface area contributed by atoms with E-state index in [1.165, 1.54) is 12.1 Å². The summed E-state index contributed by atoms with van der Waals surface area (Å²) < 4.78 is 25.1. The highest BCUT2D eigenvalue weighted by atomic mass is 79.9. The molecule has 0 saturated carbocycles. The SMILES string of the molecule is COc1cc(CNCC(C)O)cc(Br)c1OCc1ccc(F)cc1Cl. The van der Waals surface area contributed by atoms with Gasteiger partial charge in [-0.25, -0.2) is 4.39 Å². The molecule has 0 saturated heterocycles. The second-order valence-corrected chi connectivity index (χ2v) is 6.87. The molecule has 1 atom stereocenters. The van der Waals surface area contributed by atoms with Gasteiger partial charge in [0.25, 0.3) is 0 Å². The van der Waals surface area contributed by atoms with Crippen LogP contribution in [0.25, 0.3) is 0 Å². The fraction of sp³-hybridized carbons (Fsp3) is 0.333. The van der Waals surface area contributed by atoms with Gasteiger partial charge < -0.3 is 19.9 Å². The molecule has 0 bridgehead atoms. The Balaban J connectivity index is 2.11. The van der Waals surface area contributed by atoms with Crippen molar-refractivity contribution < 1.29 is 19.0 Å². The van der Waals surface area contributed by atoms with Crippen LogP contribution in [0.4, 0.5) is 4.39 Å². The second-order valence-electron chi connectivity index (χ2n) is 5.61. The Morgan fingerprint density at radius 1 is 1.32 bits per heavy atom. The number of ether oxygens (including phenoxy) is 2.